The predicted molar refractivity (Wildman–Crippen MR) is 93.5 cm³/mol. The molecule has 0 aliphatic heterocycles. The molecular weight excluding hydrogens is 425 g/mol. The number of carboxylic acid groups (broad SMARTS) is 1. The Morgan fingerprint density at radius 2 is 2.10 bits per heavy atom. The van der Waals surface area contributed by atoms with E-state index in [2.05, 4.69) is 0 Å². The van der Waals surface area contributed by atoms with Crippen molar-refractivity contribution >= 4 is 50.3 Å². The molecule has 0 spiro atoms. The number of thioether (sulfide) groups is 1. The van der Waals surface area contributed by atoms with Gasteiger partial charge < -0.3 is 5.11 Å². The maximum absolute atomic E-state index is 12.6. The zero-order chi connectivity index (χ0) is 16.2. The van der Waals surface area contributed by atoms with Crippen LogP contribution in [0.25, 0.3) is 0 Å². The minimum Gasteiger partial charge on any atom is -0.478 e. The zero-order valence-corrected chi connectivity index (χ0v) is 15.8. The van der Waals surface area contributed by atoms with Crippen molar-refractivity contribution in [3.05, 3.63) is 27.3 Å². The molecule has 1 aromatic rings. The second-order valence-electron chi connectivity index (χ2n) is 4.49. The lowest BCUT2D eigenvalue weighted by molar-refractivity contribution is 0.0695. The Balaban J connectivity index is 3.24. The summed E-state index contributed by atoms with van der Waals surface area (Å²) in [6, 6.07) is 4.07. The van der Waals surface area contributed by atoms with Gasteiger partial charge in [-0.25, -0.2) is 13.2 Å². The molecule has 0 fully saturated rings. The van der Waals surface area contributed by atoms with Crippen molar-refractivity contribution in [3.63, 3.8) is 0 Å². The van der Waals surface area contributed by atoms with Crippen LogP contribution in [0.1, 0.15) is 23.7 Å². The highest BCUT2D eigenvalue weighted by molar-refractivity contribution is 14.1. The molecule has 0 heterocycles. The van der Waals surface area contributed by atoms with Crippen LogP contribution in [0.5, 0.6) is 0 Å². The molecule has 5 nitrogen and oxygen atoms in total. The van der Waals surface area contributed by atoms with Crippen molar-refractivity contribution in [1.29, 1.82) is 0 Å². The Labute approximate surface area is 143 Å². The van der Waals surface area contributed by atoms with Crippen molar-refractivity contribution in [2.45, 2.75) is 24.3 Å². The second-order valence-corrected chi connectivity index (χ2v) is 8.56. The number of sulfonamides is 1. The highest BCUT2D eigenvalue weighted by Gasteiger charge is 2.27. The lowest BCUT2D eigenvalue weighted by atomic mass is 10.2. The maximum Gasteiger partial charge on any atom is 0.336 e. The van der Waals surface area contributed by atoms with Crippen LogP contribution in [-0.2, 0) is 10.0 Å². The van der Waals surface area contributed by atoms with Gasteiger partial charge >= 0.3 is 5.97 Å². The van der Waals surface area contributed by atoms with Crippen LogP contribution in [0.15, 0.2) is 23.1 Å². The Morgan fingerprint density at radius 3 is 2.57 bits per heavy atom. The first-order chi connectivity index (χ1) is 9.75. The van der Waals surface area contributed by atoms with Crippen molar-refractivity contribution in [1.82, 2.24) is 4.31 Å². The van der Waals surface area contributed by atoms with Crippen LogP contribution in [0.2, 0.25) is 0 Å². The van der Waals surface area contributed by atoms with Gasteiger partial charge in [-0.3, -0.25) is 0 Å². The number of carbonyl (C=O) groups is 1. The lowest BCUT2D eigenvalue weighted by Gasteiger charge is -2.26. The van der Waals surface area contributed by atoms with Gasteiger partial charge in [0.25, 0.3) is 0 Å². The summed E-state index contributed by atoms with van der Waals surface area (Å²) in [6.45, 7) is 1.93. The van der Waals surface area contributed by atoms with Gasteiger partial charge in [0.15, 0.2) is 0 Å². The van der Waals surface area contributed by atoms with E-state index in [1.54, 1.807) is 11.8 Å². The summed E-state index contributed by atoms with van der Waals surface area (Å²) in [6.07, 6.45) is 2.63. The minimum absolute atomic E-state index is 0.00277. The smallest absolute Gasteiger partial charge is 0.336 e. The van der Waals surface area contributed by atoms with E-state index in [0.717, 1.165) is 0 Å². The van der Waals surface area contributed by atoms with Crippen LogP contribution in [-0.4, -0.2) is 48.9 Å². The molecule has 1 N–H and O–H groups in total. The highest BCUT2D eigenvalue weighted by atomic mass is 127. The van der Waals surface area contributed by atoms with E-state index in [-0.39, 0.29) is 16.5 Å². The van der Waals surface area contributed by atoms with E-state index in [9.17, 15) is 13.2 Å². The van der Waals surface area contributed by atoms with E-state index in [1.807, 2.05) is 35.8 Å². The molecule has 0 aromatic heterocycles. The van der Waals surface area contributed by atoms with Crippen LogP contribution < -0.4 is 0 Å². The van der Waals surface area contributed by atoms with Crippen LogP contribution in [0.3, 0.4) is 0 Å². The van der Waals surface area contributed by atoms with E-state index < -0.39 is 16.0 Å². The van der Waals surface area contributed by atoms with Gasteiger partial charge in [0, 0.05) is 22.4 Å². The Morgan fingerprint density at radius 1 is 1.48 bits per heavy atom. The summed E-state index contributed by atoms with van der Waals surface area (Å²) in [5.74, 6) is -0.433. The number of benzene rings is 1. The number of nitrogens with zero attached hydrogens (tertiary/aromatic N) is 1. The SMILES string of the molecule is CCC(CSC)N(C)S(=O)(=O)c1ccc(I)c(C(=O)O)c1. The normalized spacial score (nSPS) is 13.4. The number of hydrogen-bond acceptors (Lipinski definition) is 4. The summed E-state index contributed by atoms with van der Waals surface area (Å²) >= 11 is 3.46. The molecule has 1 rings (SSSR count). The third kappa shape index (κ3) is 4.33. The zero-order valence-electron chi connectivity index (χ0n) is 12.0. The quantitative estimate of drug-likeness (QED) is 0.657. The molecule has 0 bridgehead atoms. The van der Waals surface area contributed by atoms with E-state index in [4.69, 9.17) is 5.11 Å². The topological polar surface area (TPSA) is 74.7 Å². The summed E-state index contributed by atoms with van der Waals surface area (Å²) in [5.41, 5.74) is 0.00277. The first-order valence-corrected chi connectivity index (χ1v) is 10.2. The fourth-order valence-corrected chi connectivity index (χ4v) is 4.82. The van der Waals surface area contributed by atoms with E-state index >= 15 is 0 Å². The molecule has 0 radical (unpaired) electrons. The van der Waals surface area contributed by atoms with E-state index in [0.29, 0.717) is 15.7 Å². The van der Waals surface area contributed by atoms with Gasteiger partial charge in [0.2, 0.25) is 10.0 Å². The molecule has 0 aliphatic carbocycles. The van der Waals surface area contributed by atoms with Gasteiger partial charge in [0.1, 0.15) is 0 Å². The summed E-state index contributed by atoms with van der Waals surface area (Å²) in [7, 11) is -2.15. The molecule has 0 saturated carbocycles. The van der Waals surface area contributed by atoms with Gasteiger partial charge in [-0.1, -0.05) is 6.92 Å². The number of carboxylic acids is 1. The van der Waals surface area contributed by atoms with Gasteiger partial charge in [-0.15, -0.1) is 0 Å². The second kappa shape index (κ2) is 7.80. The maximum atomic E-state index is 12.6. The molecular formula is C13H18INO4S2. The minimum atomic E-state index is -3.69. The van der Waals surface area contributed by atoms with Crippen molar-refractivity contribution in [3.8, 4) is 0 Å². The first-order valence-electron chi connectivity index (χ1n) is 6.25. The van der Waals surface area contributed by atoms with Crippen LogP contribution in [0.4, 0.5) is 0 Å². The number of halogens is 1. The Bertz CT molecular complexity index is 619. The average Bonchev–Trinajstić information content (AvgIpc) is 2.43. The third-order valence-electron chi connectivity index (χ3n) is 3.19. The van der Waals surface area contributed by atoms with Gasteiger partial charge in [-0.05, 0) is 53.5 Å². The third-order valence-corrected chi connectivity index (χ3v) is 6.75. The Kier molecular flexibility index (Phi) is 6.95. The monoisotopic (exact) mass is 443 g/mol. The lowest BCUT2D eigenvalue weighted by Crippen LogP contribution is -2.38. The van der Waals surface area contributed by atoms with Gasteiger partial charge in [0.05, 0.1) is 10.5 Å². The Hall–Kier alpha value is -0.320. The largest absolute Gasteiger partial charge is 0.478 e. The highest BCUT2D eigenvalue weighted by Crippen LogP contribution is 2.23. The van der Waals surface area contributed by atoms with Crippen molar-refractivity contribution in [2.75, 3.05) is 19.1 Å². The van der Waals surface area contributed by atoms with Crippen molar-refractivity contribution < 1.29 is 18.3 Å². The van der Waals surface area contributed by atoms with Crippen molar-refractivity contribution in [2.24, 2.45) is 0 Å². The molecule has 118 valence electrons. The molecule has 1 aromatic carbocycles. The standard InChI is InChI=1S/C13H18INO4S2/c1-4-9(8-20-3)15(2)21(18,19)10-5-6-12(14)11(7-10)13(16)17/h5-7,9H,4,8H2,1-3H3,(H,16,17). The molecule has 0 saturated heterocycles. The molecule has 1 unspecified atom stereocenters. The van der Waals surface area contributed by atoms with Gasteiger partial charge in [-0.2, -0.15) is 16.1 Å². The number of aromatic carboxylic acids is 1. The number of hydrogen-bond donors (Lipinski definition) is 1. The molecule has 1 atom stereocenters. The summed E-state index contributed by atoms with van der Waals surface area (Å²) < 4.78 is 27.1. The molecule has 0 amide bonds. The average molecular weight is 443 g/mol. The van der Waals surface area contributed by atoms with Crippen LogP contribution >= 0.6 is 34.4 Å². The first kappa shape index (κ1) is 18.7. The predicted octanol–water partition coefficient (Wildman–Crippen LogP) is 2.75. The summed E-state index contributed by atoms with van der Waals surface area (Å²) in [4.78, 5) is 11.2. The van der Waals surface area contributed by atoms with E-state index in [1.165, 1.54) is 29.6 Å². The van der Waals surface area contributed by atoms with Crippen LogP contribution in [0, 0.1) is 3.57 Å². The summed E-state index contributed by atoms with van der Waals surface area (Å²) in [5, 5.41) is 9.12. The fraction of sp³-hybridized carbons (Fsp3) is 0.462. The fourth-order valence-electron chi connectivity index (χ4n) is 1.86. The molecule has 8 heteroatoms. The molecule has 0 aliphatic rings. The molecule has 21 heavy (non-hydrogen) atoms. The number of rotatable bonds is 7.